The normalized spacial score (nSPS) is 10.6. The summed E-state index contributed by atoms with van der Waals surface area (Å²) in [6.45, 7) is -0.0365. The first-order valence-electron chi connectivity index (χ1n) is 12.7. The van der Waals surface area contributed by atoms with Crippen LogP contribution in [0.15, 0.2) is 59.8 Å². The van der Waals surface area contributed by atoms with Crippen molar-refractivity contribution in [3.05, 3.63) is 71.8 Å². The van der Waals surface area contributed by atoms with Crippen LogP contribution in [0.3, 0.4) is 0 Å². The molecule has 1 heterocycles. The molecular weight excluding hydrogens is 581 g/mol. The smallest absolute Gasteiger partial charge is 0.251 e. The number of ether oxygens (including phenoxy) is 5. The van der Waals surface area contributed by atoms with Crippen LogP contribution in [0.25, 0.3) is 5.69 Å². The van der Waals surface area contributed by atoms with E-state index in [2.05, 4.69) is 20.8 Å². The lowest BCUT2D eigenvalue weighted by Crippen LogP contribution is -2.25. The minimum Gasteiger partial charge on any atom is -0.497 e. The third kappa shape index (κ3) is 7.27. The number of methoxy groups -OCH3 is 5. The zero-order chi connectivity index (χ0) is 30.9. The highest BCUT2D eigenvalue weighted by atomic mass is 32.2. The largest absolute Gasteiger partial charge is 0.497 e. The Morgan fingerprint density at radius 3 is 2.12 bits per heavy atom. The number of halogens is 1. The van der Waals surface area contributed by atoms with Gasteiger partial charge in [0.1, 0.15) is 17.3 Å². The minimum atomic E-state index is -0.431. The summed E-state index contributed by atoms with van der Waals surface area (Å²) in [6, 6.07) is 13.7. The number of aromatic nitrogens is 3. The Hall–Kier alpha value is -4.98. The standard InChI is InChI=1S/C29H30FN5O7S/c1-38-20-10-11-22(39-2)21(14-20)35-25(15-31-28(37)17-12-23(40-3)27(42-5)24(13-17)41-4)33-34-29(35)43-16-26(36)32-19-8-6-18(30)7-9-19/h6-14H,15-16H2,1-5H3,(H,31,37)(H,32,36). The number of thioether (sulfide) groups is 1. The molecule has 2 N–H and O–H groups in total. The molecule has 12 nitrogen and oxygen atoms in total. The Labute approximate surface area is 251 Å². The van der Waals surface area contributed by atoms with Gasteiger partial charge in [-0.1, -0.05) is 11.8 Å². The molecule has 0 spiro atoms. The van der Waals surface area contributed by atoms with Crippen molar-refractivity contribution in [1.29, 1.82) is 0 Å². The maximum atomic E-state index is 13.2. The second kappa shape index (κ2) is 14.3. The first kappa shape index (κ1) is 31.0. The van der Waals surface area contributed by atoms with Gasteiger partial charge in [0.15, 0.2) is 22.5 Å². The SMILES string of the molecule is COc1ccc(OC)c(-n2c(CNC(=O)c3cc(OC)c(OC)c(OC)c3)nnc2SCC(=O)Nc2ccc(F)cc2)c1. The summed E-state index contributed by atoms with van der Waals surface area (Å²) in [7, 11) is 7.45. The molecule has 14 heteroatoms. The quantitative estimate of drug-likeness (QED) is 0.213. The summed E-state index contributed by atoms with van der Waals surface area (Å²) in [5.74, 6) is 1.20. The summed E-state index contributed by atoms with van der Waals surface area (Å²) in [4.78, 5) is 25.9. The fraction of sp³-hybridized carbons (Fsp3) is 0.241. The zero-order valence-corrected chi connectivity index (χ0v) is 24.9. The van der Waals surface area contributed by atoms with Crippen molar-refractivity contribution in [2.24, 2.45) is 0 Å². The second-order valence-electron chi connectivity index (χ2n) is 8.71. The molecule has 0 aliphatic heterocycles. The molecular formula is C29H30FN5O7S. The number of benzene rings is 3. The Balaban J connectivity index is 1.61. The molecule has 0 unspecified atom stereocenters. The second-order valence-corrected chi connectivity index (χ2v) is 9.65. The first-order chi connectivity index (χ1) is 20.8. The summed E-state index contributed by atoms with van der Waals surface area (Å²) >= 11 is 1.12. The van der Waals surface area contributed by atoms with Crippen molar-refractivity contribution in [3.8, 4) is 34.4 Å². The van der Waals surface area contributed by atoms with Gasteiger partial charge in [-0.15, -0.1) is 10.2 Å². The van der Waals surface area contributed by atoms with E-state index in [1.807, 2.05) is 0 Å². The van der Waals surface area contributed by atoms with E-state index >= 15 is 0 Å². The Morgan fingerprint density at radius 2 is 1.51 bits per heavy atom. The van der Waals surface area contributed by atoms with E-state index in [9.17, 15) is 14.0 Å². The fourth-order valence-electron chi connectivity index (χ4n) is 4.06. The van der Waals surface area contributed by atoms with Crippen LogP contribution in [0.4, 0.5) is 10.1 Å². The highest BCUT2D eigenvalue weighted by molar-refractivity contribution is 7.99. The predicted molar refractivity (Wildman–Crippen MR) is 157 cm³/mol. The number of nitrogens with zero attached hydrogens (tertiary/aromatic N) is 3. The first-order valence-corrected chi connectivity index (χ1v) is 13.7. The molecule has 0 radical (unpaired) electrons. The monoisotopic (exact) mass is 611 g/mol. The van der Waals surface area contributed by atoms with Crippen LogP contribution >= 0.6 is 11.8 Å². The molecule has 4 rings (SSSR count). The summed E-state index contributed by atoms with van der Waals surface area (Å²) in [6.07, 6.45) is 0. The molecule has 226 valence electrons. The van der Waals surface area contributed by atoms with E-state index in [-0.39, 0.29) is 23.8 Å². The van der Waals surface area contributed by atoms with E-state index in [1.54, 1.807) is 22.8 Å². The van der Waals surface area contributed by atoms with Crippen LogP contribution in [0, 0.1) is 5.82 Å². The lowest BCUT2D eigenvalue weighted by Gasteiger charge is -2.16. The van der Waals surface area contributed by atoms with Gasteiger partial charge >= 0.3 is 0 Å². The Bertz CT molecular complexity index is 1570. The molecule has 0 bridgehead atoms. The van der Waals surface area contributed by atoms with E-state index in [0.29, 0.717) is 51.1 Å². The molecule has 1 aromatic heterocycles. The molecule has 0 saturated heterocycles. The maximum absolute atomic E-state index is 13.2. The van der Waals surface area contributed by atoms with Crippen LogP contribution in [0.2, 0.25) is 0 Å². The summed E-state index contributed by atoms with van der Waals surface area (Å²) in [5, 5.41) is 14.5. The van der Waals surface area contributed by atoms with Crippen molar-refractivity contribution in [1.82, 2.24) is 20.1 Å². The highest BCUT2D eigenvalue weighted by Crippen LogP contribution is 2.38. The Kier molecular flexibility index (Phi) is 10.3. The van der Waals surface area contributed by atoms with Gasteiger partial charge in [-0.25, -0.2) is 4.39 Å². The number of amides is 2. The van der Waals surface area contributed by atoms with Crippen molar-refractivity contribution in [2.45, 2.75) is 11.7 Å². The maximum Gasteiger partial charge on any atom is 0.251 e. The van der Waals surface area contributed by atoms with Crippen LogP contribution in [-0.4, -0.2) is 67.9 Å². The zero-order valence-electron chi connectivity index (χ0n) is 24.1. The minimum absolute atomic E-state index is 0.0282. The molecule has 3 aromatic carbocycles. The highest BCUT2D eigenvalue weighted by Gasteiger charge is 2.22. The van der Waals surface area contributed by atoms with E-state index in [0.717, 1.165) is 11.8 Å². The molecule has 2 amide bonds. The van der Waals surface area contributed by atoms with Crippen LogP contribution < -0.4 is 34.3 Å². The van der Waals surface area contributed by atoms with Crippen molar-refractivity contribution in [3.63, 3.8) is 0 Å². The molecule has 0 fully saturated rings. The van der Waals surface area contributed by atoms with Crippen LogP contribution in [0.1, 0.15) is 16.2 Å². The van der Waals surface area contributed by atoms with Gasteiger partial charge in [-0.3, -0.25) is 14.2 Å². The third-order valence-corrected chi connectivity index (χ3v) is 7.05. The van der Waals surface area contributed by atoms with Crippen molar-refractivity contribution >= 4 is 29.3 Å². The topological polar surface area (TPSA) is 135 Å². The average Bonchev–Trinajstić information content (AvgIpc) is 3.44. The lowest BCUT2D eigenvalue weighted by atomic mass is 10.1. The number of hydrogen-bond donors (Lipinski definition) is 2. The number of anilines is 1. The van der Waals surface area contributed by atoms with Gasteiger partial charge < -0.3 is 34.3 Å². The van der Waals surface area contributed by atoms with E-state index in [4.69, 9.17) is 23.7 Å². The summed E-state index contributed by atoms with van der Waals surface area (Å²) < 4.78 is 42.0. The van der Waals surface area contributed by atoms with Gasteiger partial charge in [0, 0.05) is 17.3 Å². The van der Waals surface area contributed by atoms with Crippen molar-refractivity contribution in [2.75, 3.05) is 46.6 Å². The molecule has 0 aliphatic carbocycles. The van der Waals surface area contributed by atoms with Gasteiger partial charge in [-0.05, 0) is 48.5 Å². The molecule has 0 atom stereocenters. The number of carbonyl (C=O) groups is 2. The molecule has 0 saturated carbocycles. The molecule has 0 aliphatic rings. The van der Waals surface area contributed by atoms with Gasteiger partial charge in [0.05, 0.1) is 53.5 Å². The van der Waals surface area contributed by atoms with Gasteiger partial charge in [0.2, 0.25) is 11.7 Å². The number of carbonyl (C=O) groups excluding carboxylic acids is 2. The third-order valence-electron chi connectivity index (χ3n) is 6.12. The summed E-state index contributed by atoms with van der Waals surface area (Å²) in [5.41, 5.74) is 1.26. The fourth-order valence-corrected chi connectivity index (χ4v) is 4.82. The van der Waals surface area contributed by atoms with Crippen molar-refractivity contribution < 1.29 is 37.7 Å². The van der Waals surface area contributed by atoms with Crippen LogP contribution in [-0.2, 0) is 11.3 Å². The predicted octanol–water partition coefficient (Wildman–Crippen LogP) is 4.11. The number of rotatable bonds is 13. The lowest BCUT2D eigenvalue weighted by molar-refractivity contribution is -0.113. The van der Waals surface area contributed by atoms with Gasteiger partial charge in [0.25, 0.3) is 5.91 Å². The van der Waals surface area contributed by atoms with E-state index < -0.39 is 11.7 Å². The number of nitrogens with one attached hydrogen (secondary N) is 2. The van der Waals surface area contributed by atoms with Gasteiger partial charge in [-0.2, -0.15) is 0 Å². The molecule has 43 heavy (non-hydrogen) atoms. The van der Waals surface area contributed by atoms with Crippen LogP contribution in [0.5, 0.6) is 28.7 Å². The average molecular weight is 612 g/mol. The Morgan fingerprint density at radius 1 is 0.837 bits per heavy atom. The number of hydrogen-bond acceptors (Lipinski definition) is 10. The molecule has 4 aromatic rings. The van der Waals surface area contributed by atoms with E-state index in [1.165, 1.54) is 71.9 Å².